The van der Waals surface area contributed by atoms with E-state index in [1.54, 1.807) is 0 Å². The van der Waals surface area contributed by atoms with Gasteiger partial charge in [0.25, 0.3) is 0 Å². The average molecular weight is 141 g/mol. The molecular formula is C8H15NO. The summed E-state index contributed by atoms with van der Waals surface area (Å²) in [6.45, 7) is 0. The highest BCUT2D eigenvalue weighted by atomic mass is 16.5. The van der Waals surface area contributed by atoms with Crippen LogP contribution >= 0.6 is 0 Å². The largest absolute Gasteiger partial charge is 0.373 e. The van der Waals surface area contributed by atoms with Gasteiger partial charge in [-0.2, -0.15) is 0 Å². The zero-order valence-electron chi connectivity index (χ0n) is 6.71. The van der Waals surface area contributed by atoms with Gasteiger partial charge in [-0.1, -0.05) is 0 Å². The summed E-state index contributed by atoms with van der Waals surface area (Å²) in [6.07, 6.45) is 5.00. The Bertz CT molecular complexity index is 135. The van der Waals surface area contributed by atoms with Crippen LogP contribution in [-0.2, 0) is 4.74 Å². The maximum absolute atomic E-state index is 5.70. The highest BCUT2D eigenvalue weighted by Crippen LogP contribution is 2.36. The molecule has 2 aliphatic rings. The van der Waals surface area contributed by atoms with Gasteiger partial charge < -0.3 is 9.64 Å². The van der Waals surface area contributed by atoms with Gasteiger partial charge in [0.2, 0.25) is 0 Å². The van der Waals surface area contributed by atoms with Crippen LogP contribution in [0.3, 0.4) is 0 Å². The lowest BCUT2D eigenvalue weighted by atomic mass is 9.95. The summed E-state index contributed by atoms with van der Waals surface area (Å²) in [5, 5.41) is 0. The molecule has 58 valence electrons. The molecule has 0 saturated carbocycles. The van der Waals surface area contributed by atoms with Crippen LogP contribution in [0.25, 0.3) is 0 Å². The van der Waals surface area contributed by atoms with Crippen molar-refractivity contribution in [2.75, 3.05) is 14.1 Å². The van der Waals surface area contributed by atoms with Crippen LogP contribution in [0.2, 0.25) is 0 Å². The second-order valence-electron chi connectivity index (χ2n) is 3.64. The van der Waals surface area contributed by atoms with Crippen LogP contribution in [0, 0.1) is 0 Å². The molecule has 0 spiro atoms. The van der Waals surface area contributed by atoms with E-state index in [9.17, 15) is 0 Å². The second kappa shape index (κ2) is 2.21. The Kier molecular flexibility index (Phi) is 1.46. The molecule has 0 radical (unpaired) electrons. The van der Waals surface area contributed by atoms with Crippen LogP contribution in [0.4, 0.5) is 0 Å². The number of ether oxygens (including phenoxy) is 1. The highest BCUT2D eigenvalue weighted by molar-refractivity contribution is 4.93. The molecule has 10 heavy (non-hydrogen) atoms. The zero-order chi connectivity index (χ0) is 7.14. The highest BCUT2D eigenvalue weighted by Gasteiger charge is 2.41. The number of hydrogen-bond donors (Lipinski definition) is 0. The molecule has 0 aromatic heterocycles. The lowest BCUT2D eigenvalue weighted by Gasteiger charge is -2.25. The summed E-state index contributed by atoms with van der Waals surface area (Å²) < 4.78 is 5.70. The molecular weight excluding hydrogens is 126 g/mol. The average Bonchev–Trinajstić information content (AvgIpc) is 2.44. The van der Waals surface area contributed by atoms with Crippen LogP contribution in [-0.4, -0.2) is 37.2 Å². The fraction of sp³-hybridized carbons (Fsp3) is 1.00. The number of likely N-dealkylation sites (N-methyl/N-ethyl adjacent to an activating group) is 1. The molecule has 2 heterocycles. The standard InChI is InChI=1S/C8H15NO/c1-9(2)7-5-6-3-4-8(7)10-6/h6-8H,3-5H2,1-2H3/t6-,7-,8-/m1/s1. The monoisotopic (exact) mass is 141 g/mol. The SMILES string of the molecule is CN(C)[C@@H]1C[C@H]2CC[C@H]1O2. The van der Waals surface area contributed by atoms with Crippen molar-refractivity contribution in [2.45, 2.75) is 37.5 Å². The molecule has 2 bridgehead atoms. The van der Waals surface area contributed by atoms with E-state index in [1.807, 2.05) is 0 Å². The fourth-order valence-electron chi connectivity index (χ4n) is 2.15. The quantitative estimate of drug-likeness (QED) is 0.537. The normalized spacial score (nSPS) is 45.3. The van der Waals surface area contributed by atoms with Gasteiger partial charge in [-0.05, 0) is 33.4 Å². The lowest BCUT2D eigenvalue weighted by molar-refractivity contribution is 0.0830. The van der Waals surface area contributed by atoms with E-state index < -0.39 is 0 Å². The predicted molar refractivity (Wildman–Crippen MR) is 40.0 cm³/mol. The van der Waals surface area contributed by atoms with Gasteiger partial charge in [0.1, 0.15) is 0 Å². The Hall–Kier alpha value is -0.0800. The van der Waals surface area contributed by atoms with Crippen LogP contribution in [0.15, 0.2) is 0 Å². The van der Waals surface area contributed by atoms with E-state index in [-0.39, 0.29) is 0 Å². The summed E-state index contributed by atoms with van der Waals surface area (Å²) >= 11 is 0. The summed E-state index contributed by atoms with van der Waals surface area (Å²) in [5.41, 5.74) is 0. The minimum atomic E-state index is 0.556. The molecule has 0 amide bonds. The molecule has 2 nitrogen and oxygen atoms in total. The maximum Gasteiger partial charge on any atom is 0.0735 e. The van der Waals surface area contributed by atoms with Crippen molar-refractivity contribution in [1.82, 2.24) is 4.90 Å². The molecule has 0 aliphatic carbocycles. The molecule has 2 heteroatoms. The molecule has 0 N–H and O–H groups in total. The Balaban J connectivity index is 2.02. The summed E-state index contributed by atoms with van der Waals surface area (Å²) in [4.78, 5) is 2.30. The van der Waals surface area contributed by atoms with Gasteiger partial charge in [-0.15, -0.1) is 0 Å². The van der Waals surface area contributed by atoms with Crippen LogP contribution in [0.1, 0.15) is 19.3 Å². The molecule has 2 saturated heterocycles. The molecule has 2 fully saturated rings. The van der Waals surface area contributed by atoms with E-state index in [4.69, 9.17) is 4.74 Å². The van der Waals surface area contributed by atoms with Crippen molar-refractivity contribution < 1.29 is 4.74 Å². The third-order valence-corrected chi connectivity index (χ3v) is 2.74. The number of hydrogen-bond acceptors (Lipinski definition) is 2. The molecule has 0 aromatic rings. The summed E-state index contributed by atoms with van der Waals surface area (Å²) in [7, 11) is 4.30. The minimum Gasteiger partial charge on any atom is -0.373 e. The topological polar surface area (TPSA) is 12.5 Å². The predicted octanol–water partition coefficient (Wildman–Crippen LogP) is 0.868. The van der Waals surface area contributed by atoms with E-state index in [1.165, 1.54) is 19.3 Å². The summed E-state index contributed by atoms with van der Waals surface area (Å²) in [6, 6.07) is 0.707. The van der Waals surface area contributed by atoms with Crippen molar-refractivity contribution in [3.05, 3.63) is 0 Å². The van der Waals surface area contributed by atoms with Crippen molar-refractivity contribution in [2.24, 2.45) is 0 Å². The summed E-state index contributed by atoms with van der Waals surface area (Å²) in [5.74, 6) is 0. The first-order valence-corrected chi connectivity index (χ1v) is 4.09. The van der Waals surface area contributed by atoms with Crippen molar-refractivity contribution in [3.8, 4) is 0 Å². The Morgan fingerprint density at radius 1 is 1.30 bits per heavy atom. The van der Waals surface area contributed by atoms with E-state index in [0.29, 0.717) is 18.2 Å². The van der Waals surface area contributed by atoms with Gasteiger partial charge >= 0.3 is 0 Å². The number of rotatable bonds is 1. The fourth-order valence-corrected chi connectivity index (χ4v) is 2.15. The molecule has 3 atom stereocenters. The molecule has 0 aromatic carbocycles. The Morgan fingerprint density at radius 2 is 2.10 bits per heavy atom. The first-order valence-electron chi connectivity index (χ1n) is 4.09. The third kappa shape index (κ3) is 0.867. The number of fused-ring (bicyclic) bond motifs is 2. The first-order chi connectivity index (χ1) is 4.77. The lowest BCUT2D eigenvalue weighted by Crippen LogP contribution is -2.36. The van der Waals surface area contributed by atoms with Gasteiger partial charge in [-0.3, -0.25) is 0 Å². The van der Waals surface area contributed by atoms with Crippen molar-refractivity contribution in [1.29, 1.82) is 0 Å². The van der Waals surface area contributed by atoms with E-state index in [2.05, 4.69) is 19.0 Å². The minimum absolute atomic E-state index is 0.556. The Morgan fingerprint density at radius 3 is 2.40 bits per heavy atom. The molecule has 2 rings (SSSR count). The smallest absolute Gasteiger partial charge is 0.0735 e. The van der Waals surface area contributed by atoms with Gasteiger partial charge in [0.15, 0.2) is 0 Å². The van der Waals surface area contributed by atoms with Crippen LogP contribution < -0.4 is 0 Å². The second-order valence-corrected chi connectivity index (χ2v) is 3.64. The zero-order valence-corrected chi connectivity index (χ0v) is 6.71. The van der Waals surface area contributed by atoms with E-state index in [0.717, 1.165) is 0 Å². The van der Waals surface area contributed by atoms with Gasteiger partial charge in [0.05, 0.1) is 12.2 Å². The first kappa shape index (κ1) is 6.62. The van der Waals surface area contributed by atoms with Gasteiger partial charge in [-0.25, -0.2) is 0 Å². The van der Waals surface area contributed by atoms with Crippen molar-refractivity contribution >= 4 is 0 Å². The van der Waals surface area contributed by atoms with Gasteiger partial charge in [0, 0.05) is 6.04 Å². The Labute approximate surface area is 62.2 Å². The van der Waals surface area contributed by atoms with Crippen LogP contribution in [0.5, 0.6) is 0 Å². The molecule has 2 aliphatic heterocycles. The third-order valence-electron chi connectivity index (χ3n) is 2.74. The maximum atomic E-state index is 5.70. The van der Waals surface area contributed by atoms with Crippen molar-refractivity contribution in [3.63, 3.8) is 0 Å². The molecule has 0 unspecified atom stereocenters. The van der Waals surface area contributed by atoms with E-state index >= 15 is 0 Å². The number of nitrogens with zero attached hydrogens (tertiary/aromatic N) is 1.